The minimum atomic E-state index is -0.204. The SMILES string of the molecule is Cc1cnnc(N2CCC3(CC2)OCCc2sc(-c4cccc(N)n4)cc23)c1C. The van der Waals surface area contributed by atoms with Gasteiger partial charge in [0.05, 0.1) is 29.0 Å². The van der Waals surface area contributed by atoms with E-state index in [0.29, 0.717) is 5.82 Å². The molecule has 1 spiro atoms. The summed E-state index contributed by atoms with van der Waals surface area (Å²) in [5, 5.41) is 8.58. The molecule has 5 heterocycles. The molecule has 2 aliphatic rings. The predicted molar refractivity (Wildman–Crippen MR) is 116 cm³/mol. The maximum Gasteiger partial charge on any atom is 0.154 e. The molecule has 7 heteroatoms. The summed E-state index contributed by atoms with van der Waals surface area (Å²) in [5.41, 5.74) is 10.4. The molecule has 5 rings (SSSR count). The zero-order valence-corrected chi connectivity index (χ0v) is 17.6. The van der Waals surface area contributed by atoms with Crippen molar-refractivity contribution in [2.24, 2.45) is 0 Å². The standard InChI is InChI=1S/C22H25N5OS/c1-14-13-24-26-21(15(14)2)27-9-7-22(8-10-27)16-12-19(29-18(16)6-11-28-22)17-4-3-5-20(23)25-17/h3-5,12-13H,6-11H2,1-2H3,(H2,23,25). The molecule has 3 aromatic heterocycles. The Bertz CT molecular complexity index is 1060. The average Bonchev–Trinajstić information content (AvgIpc) is 3.17. The van der Waals surface area contributed by atoms with Crippen LogP contribution in [0.1, 0.15) is 34.4 Å². The molecule has 0 aromatic carbocycles. The molecule has 1 fully saturated rings. The molecule has 0 radical (unpaired) electrons. The molecular formula is C22H25N5OS. The normalized spacial score (nSPS) is 18.1. The summed E-state index contributed by atoms with van der Waals surface area (Å²) in [7, 11) is 0. The lowest BCUT2D eigenvalue weighted by Gasteiger charge is -2.44. The van der Waals surface area contributed by atoms with Crippen LogP contribution in [0.4, 0.5) is 11.6 Å². The van der Waals surface area contributed by atoms with Crippen molar-refractivity contribution in [3.05, 3.63) is 52.0 Å². The fourth-order valence-corrected chi connectivity index (χ4v) is 5.64. The highest BCUT2D eigenvalue weighted by molar-refractivity contribution is 7.15. The highest BCUT2D eigenvalue weighted by atomic mass is 32.1. The van der Waals surface area contributed by atoms with E-state index in [-0.39, 0.29) is 5.60 Å². The van der Waals surface area contributed by atoms with Crippen LogP contribution in [0.3, 0.4) is 0 Å². The van der Waals surface area contributed by atoms with Gasteiger partial charge < -0.3 is 15.4 Å². The predicted octanol–water partition coefficient (Wildman–Crippen LogP) is 3.87. The summed E-state index contributed by atoms with van der Waals surface area (Å²) in [5.74, 6) is 1.56. The summed E-state index contributed by atoms with van der Waals surface area (Å²) in [6.45, 7) is 6.83. The lowest BCUT2D eigenvalue weighted by Crippen LogP contribution is -2.46. The van der Waals surface area contributed by atoms with Gasteiger partial charge in [-0.3, -0.25) is 0 Å². The Kier molecular flexibility index (Phi) is 4.52. The molecule has 1 saturated heterocycles. The monoisotopic (exact) mass is 407 g/mol. The number of rotatable bonds is 2. The van der Waals surface area contributed by atoms with Crippen LogP contribution in [0.15, 0.2) is 30.5 Å². The number of pyridine rings is 1. The van der Waals surface area contributed by atoms with Crippen LogP contribution in [0.5, 0.6) is 0 Å². The van der Waals surface area contributed by atoms with Crippen molar-refractivity contribution in [1.29, 1.82) is 0 Å². The topological polar surface area (TPSA) is 77.2 Å². The number of hydrogen-bond acceptors (Lipinski definition) is 7. The zero-order chi connectivity index (χ0) is 20.0. The van der Waals surface area contributed by atoms with Gasteiger partial charge in [-0.2, -0.15) is 5.10 Å². The maximum absolute atomic E-state index is 6.44. The number of thiophene rings is 1. The van der Waals surface area contributed by atoms with E-state index in [1.807, 2.05) is 35.7 Å². The third kappa shape index (κ3) is 3.18. The van der Waals surface area contributed by atoms with E-state index in [1.165, 1.54) is 26.4 Å². The number of nitrogen functional groups attached to an aromatic ring is 1. The molecule has 29 heavy (non-hydrogen) atoms. The van der Waals surface area contributed by atoms with Gasteiger partial charge in [-0.15, -0.1) is 16.4 Å². The number of anilines is 2. The summed E-state index contributed by atoms with van der Waals surface area (Å²) < 4.78 is 6.44. The molecule has 0 amide bonds. The summed E-state index contributed by atoms with van der Waals surface area (Å²) in [4.78, 5) is 9.47. The molecule has 0 unspecified atom stereocenters. The van der Waals surface area contributed by atoms with Crippen molar-refractivity contribution >= 4 is 23.0 Å². The van der Waals surface area contributed by atoms with Crippen LogP contribution in [-0.4, -0.2) is 34.9 Å². The van der Waals surface area contributed by atoms with Crippen LogP contribution in [0.2, 0.25) is 0 Å². The Morgan fingerprint density at radius 1 is 1.21 bits per heavy atom. The number of piperidine rings is 1. The molecule has 0 saturated carbocycles. The molecule has 6 nitrogen and oxygen atoms in total. The Balaban J connectivity index is 1.43. The Morgan fingerprint density at radius 3 is 2.83 bits per heavy atom. The first kappa shape index (κ1) is 18.5. The van der Waals surface area contributed by atoms with Gasteiger partial charge in [0.2, 0.25) is 0 Å². The van der Waals surface area contributed by atoms with Crippen LogP contribution < -0.4 is 10.6 Å². The molecule has 2 aliphatic heterocycles. The van der Waals surface area contributed by atoms with Gasteiger partial charge in [-0.25, -0.2) is 4.98 Å². The van der Waals surface area contributed by atoms with Crippen molar-refractivity contribution in [3.63, 3.8) is 0 Å². The highest BCUT2D eigenvalue weighted by Gasteiger charge is 2.42. The van der Waals surface area contributed by atoms with Crippen LogP contribution >= 0.6 is 11.3 Å². The van der Waals surface area contributed by atoms with Gasteiger partial charge in [-0.1, -0.05) is 6.07 Å². The minimum Gasteiger partial charge on any atom is -0.384 e. The highest BCUT2D eigenvalue weighted by Crippen LogP contribution is 2.47. The van der Waals surface area contributed by atoms with E-state index < -0.39 is 0 Å². The number of fused-ring (bicyclic) bond motifs is 2. The molecule has 0 aliphatic carbocycles. The Hall–Kier alpha value is -2.51. The first-order chi connectivity index (χ1) is 14.1. The van der Waals surface area contributed by atoms with E-state index in [2.05, 4.69) is 40.0 Å². The van der Waals surface area contributed by atoms with Gasteiger partial charge in [0.1, 0.15) is 5.82 Å². The van der Waals surface area contributed by atoms with Crippen molar-refractivity contribution < 1.29 is 4.74 Å². The van der Waals surface area contributed by atoms with Gasteiger partial charge in [0, 0.05) is 24.4 Å². The number of nitrogens with two attached hydrogens (primary N) is 1. The van der Waals surface area contributed by atoms with E-state index in [0.717, 1.165) is 50.5 Å². The number of hydrogen-bond donors (Lipinski definition) is 1. The van der Waals surface area contributed by atoms with Crippen LogP contribution in [0, 0.1) is 13.8 Å². The van der Waals surface area contributed by atoms with E-state index in [9.17, 15) is 0 Å². The van der Waals surface area contributed by atoms with E-state index in [4.69, 9.17) is 10.5 Å². The maximum atomic E-state index is 6.44. The quantitative estimate of drug-likeness (QED) is 0.695. The Morgan fingerprint density at radius 2 is 2.03 bits per heavy atom. The number of nitrogens with zero attached hydrogens (tertiary/aromatic N) is 4. The second-order valence-electron chi connectivity index (χ2n) is 7.95. The van der Waals surface area contributed by atoms with Gasteiger partial charge in [0.25, 0.3) is 0 Å². The smallest absolute Gasteiger partial charge is 0.154 e. The first-order valence-electron chi connectivity index (χ1n) is 10.1. The van der Waals surface area contributed by atoms with Crippen molar-refractivity contribution in [2.45, 2.75) is 38.7 Å². The fourth-order valence-electron chi connectivity index (χ4n) is 4.44. The summed E-state index contributed by atoms with van der Waals surface area (Å²) in [6, 6.07) is 8.11. The van der Waals surface area contributed by atoms with E-state index in [1.54, 1.807) is 0 Å². The van der Waals surface area contributed by atoms with Gasteiger partial charge >= 0.3 is 0 Å². The van der Waals surface area contributed by atoms with E-state index >= 15 is 0 Å². The van der Waals surface area contributed by atoms with Crippen molar-refractivity contribution in [2.75, 3.05) is 30.3 Å². The molecule has 0 atom stereocenters. The second kappa shape index (κ2) is 7.07. The average molecular weight is 408 g/mol. The lowest BCUT2D eigenvalue weighted by molar-refractivity contribution is -0.0757. The van der Waals surface area contributed by atoms with Crippen molar-refractivity contribution in [1.82, 2.24) is 15.2 Å². The van der Waals surface area contributed by atoms with Crippen LogP contribution in [0.25, 0.3) is 10.6 Å². The van der Waals surface area contributed by atoms with Crippen LogP contribution in [-0.2, 0) is 16.8 Å². The molecule has 150 valence electrons. The summed E-state index contributed by atoms with van der Waals surface area (Å²) >= 11 is 1.83. The number of aromatic nitrogens is 3. The minimum absolute atomic E-state index is 0.204. The molecular weight excluding hydrogens is 382 g/mol. The fraction of sp³-hybridized carbons (Fsp3) is 0.409. The molecule has 3 aromatic rings. The number of ether oxygens (including phenoxy) is 1. The second-order valence-corrected chi connectivity index (χ2v) is 9.09. The lowest BCUT2D eigenvalue weighted by atomic mass is 9.82. The summed E-state index contributed by atoms with van der Waals surface area (Å²) in [6.07, 6.45) is 4.71. The van der Waals surface area contributed by atoms with Crippen molar-refractivity contribution in [3.8, 4) is 10.6 Å². The largest absolute Gasteiger partial charge is 0.384 e. The zero-order valence-electron chi connectivity index (χ0n) is 16.8. The molecule has 2 N–H and O–H groups in total. The van der Waals surface area contributed by atoms with Gasteiger partial charge in [0.15, 0.2) is 5.82 Å². The van der Waals surface area contributed by atoms with Gasteiger partial charge in [-0.05, 0) is 61.6 Å². The first-order valence-corrected chi connectivity index (χ1v) is 10.9. The Labute approximate surface area is 174 Å². The third-order valence-electron chi connectivity index (χ3n) is 6.23. The third-order valence-corrected chi connectivity index (χ3v) is 7.45. The number of aryl methyl sites for hydroxylation is 1. The molecule has 0 bridgehead atoms.